The summed E-state index contributed by atoms with van der Waals surface area (Å²) in [4.78, 5) is 0.191. The van der Waals surface area contributed by atoms with Crippen LogP contribution in [-0.2, 0) is 20.0 Å². The Labute approximate surface area is 223 Å². The molecular weight excluding hydrogens is 516 g/mol. The minimum absolute atomic E-state index is 0.0727. The zero-order chi connectivity index (χ0) is 26.9. The summed E-state index contributed by atoms with van der Waals surface area (Å²) < 4.78 is 60.7. The first kappa shape index (κ1) is 25.6. The van der Waals surface area contributed by atoms with Crippen LogP contribution in [0.4, 0.5) is 0 Å². The molecule has 4 aromatic rings. The van der Waals surface area contributed by atoms with Crippen molar-refractivity contribution in [1.82, 2.24) is 4.72 Å². The highest BCUT2D eigenvalue weighted by Crippen LogP contribution is 2.45. The number of sulfonamides is 2. The maximum absolute atomic E-state index is 13.4. The molecule has 0 spiro atoms. The molecule has 1 aliphatic rings. The third-order valence-corrected chi connectivity index (χ3v) is 9.08. The predicted octanol–water partition coefficient (Wildman–Crippen LogP) is 5.62. The first-order valence-corrected chi connectivity index (χ1v) is 14.9. The van der Waals surface area contributed by atoms with Crippen molar-refractivity contribution in [3.63, 3.8) is 0 Å². The van der Waals surface area contributed by atoms with Gasteiger partial charge in [0.15, 0.2) is 0 Å². The van der Waals surface area contributed by atoms with Gasteiger partial charge in [0.1, 0.15) is 0 Å². The SMILES string of the molecule is Cc1ccc(S(=O)(=O)/N=C2\C(c3ccccc3)=C(NS(=O)(=O)c3ccc(C)cc3)C2c2ccccc2)cc1. The van der Waals surface area contributed by atoms with Gasteiger partial charge in [-0.05, 0) is 49.2 Å². The molecule has 4 aromatic carbocycles. The molecule has 0 heterocycles. The minimum atomic E-state index is -4.07. The minimum Gasteiger partial charge on any atom is -0.282 e. The Hall–Kier alpha value is -4.01. The second kappa shape index (κ2) is 10.0. The van der Waals surface area contributed by atoms with Crippen molar-refractivity contribution < 1.29 is 16.8 Å². The Morgan fingerprint density at radius 1 is 0.632 bits per heavy atom. The van der Waals surface area contributed by atoms with E-state index in [1.54, 1.807) is 36.4 Å². The summed E-state index contributed by atoms with van der Waals surface area (Å²) in [6.07, 6.45) is 0. The zero-order valence-corrected chi connectivity index (χ0v) is 22.5. The fourth-order valence-electron chi connectivity index (χ4n) is 4.39. The quantitative estimate of drug-likeness (QED) is 0.328. The van der Waals surface area contributed by atoms with Gasteiger partial charge in [0.25, 0.3) is 20.0 Å². The molecule has 1 atom stereocenters. The molecule has 1 aliphatic carbocycles. The molecular formula is C30H26N2O4S2. The third kappa shape index (κ3) is 5.05. The summed E-state index contributed by atoms with van der Waals surface area (Å²) in [6.45, 7) is 3.76. The monoisotopic (exact) mass is 542 g/mol. The number of nitrogens with zero attached hydrogens (tertiary/aromatic N) is 1. The molecule has 0 aliphatic heterocycles. The van der Waals surface area contributed by atoms with Crippen LogP contribution < -0.4 is 4.72 Å². The van der Waals surface area contributed by atoms with Gasteiger partial charge in [-0.2, -0.15) is 12.8 Å². The number of allylic oxidation sites excluding steroid dienone is 2. The van der Waals surface area contributed by atoms with Crippen LogP contribution in [-0.4, -0.2) is 22.5 Å². The van der Waals surface area contributed by atoms with Gasteiger partial charge in [0.2, 0.25) is 0 Å². The van der Waals surface area contributed by atoms with Crippen LogP contribution in [0, 0.1) is 13.8 Å². The van der Waals surface area contributed by atoms with E-state index in [0.29, 0.717) is 16.8 Å². The van der Waals surface area contributed by atoms with Crippen LogP contribution in [0.25, 0.3) is 5.57 Å². The number of hydrogen-bond donors (Lipinski definition) is 1. The molecule has 1 N–H and O–H groups in total. The number of nitrogens with one attached hydrogen (secondary N) is 1. The lowest BCUT2D eigenvalue weighted by Crippen LogP contribution is -2.39. The van der Waals surface area contributed by atoms with Gasteiger partial charge in [-0.1, -0.05) is 96.1 Å². The fraction of sp³-hybridized carbons (Fsp3) is 0.100. The standard InChI is InChI=1S/C30H26N2O4S2/c1-21-13-17-25(18-14-21)37(33,34)31-29-27(23-9-5-3-6-10-23)30(28(29)24-11-7-4-8-12-24)32-38(35,36)26-19-15-22(2)16-20-26/h3-20,27,31H,1-2H3/b32-30-. The summed E-state index contributed by atoms with van der Waals surface area (Å²) in [5.74, 6) is -0.688. The van der Waals surface area contributed by atoms with Crippen LogP contribution >= 0.6 is 0 Å². The molecule has 0 saturated carbocycles. The van der Waals surface area contributed by atoms with Crippen molar-refractivity contribution in [2.75, 3.05) is 0 Å². The molecule has 8 heteroatoms. The maximum Gasteiger partial charge on any atom is 0.282 e. The maximum atomic E-state index is 13.4. The van der Waals surface area contributed by atoms with E-state index < -0.39 is 26.0 Å². The molecule has 1 unspecified atom stereocenters. The predicted molar refractivity (Wildman–Crippen MR) is 150 cm³/mol. The van der Waals surface area contributed by atoms with Gasteiger partial charge in [0, 0.05) is 11.3 Å². The zero-order valence-electron chi connectivity index (χ0n) is 20.9. The average molecular weight is 543 g/mol. The lowest BCUT2D eigenvalue weighted by Gasteiger charge is -2.36. The summed E-state index contributed by atoms with van der Waals surface area (Å²) >= 11 is 0. The Bertz CT molecular complexity index is 1740. The summed E-state index contributed by atoms with van der Waals surface area (Å²) in [7, 11) is -8.02. The molecule has 38 heavy (non-hydrogen) atoms. The molecule has 0 aromatic heterocycles. The van der Waals surface area contributed by atoms with Crippen molar-refractivity contribution in [1.29, 1.82) is 0 Å². The summed E-state index contributed by atoms with van der Waals surface area (Å²) in [5, 5.41) is 0. The Morgan fingerprint density at radius 3 is 1.68 bits per heavy atom. The normalized spacial score (nSPS) is 16.8. The highest BCUT2D eigenvalue weighted by molar-refractivity contribution is 7.90. The highest BCUT2D eigenvalue weighted by atomic mass is 32.2. The summed E-state index contributed by atoms with van der Waals surface area (Å²) in [5.41, 5.74) is 4.37. The number of rotatable bonds is 7. The third-order valence-electron chi connectivity index (χ3n) is 6.40. The number of aryl methyl sites for hydroxylation is 2. The lowest BCUT2D eigenvalue weighted by molar-refractivity contribution is 0.586. The largest absolute Gasteiger partial charge is 0.282 e. The van der Waals surface area contributed by atoms with E-state index in [-0.39, 0.29) is 15.5 Å². The van der Waals surface area contributed by atoms with Crippen LogP contribution in [0.15, 0.2) is 129 Å². The lowest BCUT2D eigenvalue weighted by atomic mass is 9.73. The van der Waals surface area contributed by atoms with E-state index in [0.717, 1.165) is 16.7 Å². The van der Waals surface area contributed by atoms with E-state index in [9.17, 15) is 16.8 Å². The van der Waals surface area contributed by atoms with Crippen molar-refractivity contribution in [2.45, 2.75) is 29.6 Å². The van der Waals surface area contributed by atoms with Gasteiger partial charge in [-0.15, -0.1) is 0 Å². The van der Waals surface area contributed by atoms with Gasteiger partial charge >= 0.3 is 0 Å². The van der Waals surface area contributed by atoms with E-state index in [4.69, 9.17) is 0 Å². The second-order valence-corrected chi connectivity index (χ2v) is 12.5. The first-order valence-electron chi connectivity index (χ1n) is 12.0. The van der Waals surface area contributed by atoms with Crippen LogP contribution in [0.5, 0.6) is 0 Å². The van der Waals surface area contributed by atoms with Gasteiger partial charge in [0.05, 0.1) is 21.4 Å². The van der Waals surface area contributed by atoms with E-state index in [2.05, 4.69) is 9.12 Å². The molecule has 192 valence electrons. The molecule has 5 rings (SSSR count). The van der Waals surface area contributed by atoms with Gasteiger partial charge in [-0.3, -0.25) is 4.72 Å². The van der Waals surface area contributed by atoms with Crippen LogP contribution in [0.2, 0.25) is 0 Å². The molecule has 0 bridgehead atoms. The topological polar surface area (TPSA) is 92.7 Å². The van der Waals surface area contributed by atoms with Gasteiger partial charge in [-0.25, -0.2) is 8.42 Å². The number of benzene rings is 4. The Kier molecular flexibility index (Phi) is 6.77. The van der Waals surface area contributed by atoms with Crippen molar-refractivity contribution in [3.8, 4) is 0 Å². The van der Waals surface area contributed by atoms with E-state index in [1.165, 1.54) is 12.1 Å². The van der Waals surface area contributed by atoms with Crippen molar-refractivity contribution in [3.05, 3.63) is 137 Å². The molecule has 0 saturated heterocycles. The van der Waals surface area contributed by atoms with E-state index >= 15 is 0 Å². The molecule has 6 nitrogen and oxygen atoms in total. The number of hydrogen-bond acceptors (Lipinski definition) is 4. The first-order chi connectivity index (χ1) is 18.2. The van der Waals surface area contributed by atoms with Crippen molar-refractivity contribution in [2.24, 2.45) is 4.40 Å². The second-order valence-electron chi connectivity index (χ2n) is 9.18. The van der Waals surface area contributed by atoms with Crippen molar-refractivity contribution >= 4 is 31.3 Å². The van der Waals surface area contributed by atoms with Crippen LogP contribution in [0.1, 0.15) is 28.2 Å². The highest BCUT2D eigenvalue weighted by Gasteiger charge is 2.42. The fourth-order valence-corrected chi connectivity index (χ4v) is 6.55. The molecule has 0 amide bonds. The smallest absolute Gasteiger partial charge is 0.282 e. The van der Waals surface area contributed by atoms with Crippen LogP contribution in [0.3, 0.4) is 0 Å². The Balaban J connectivity index is 1.71. The summed E-state index contributed by atoms with van der Waals surface area (Å²) in [6, 6.07) is 31.3. The Morgan fingerprint density at radius 2 is 1.13 bits per heavy atom. The van der Waals surface area contributed by atoms with E-state index in [1.807, 2.05) is 74.5 Å². The molecule has 0 radical (unpaired) electrons. The van der Waals surface area contributed by atoms with Gasteiger partial charge < -0.3 is 0 Å². The molecule has 0 fully saturated rings. The average Bonchev–Trinajstić information content (AvgIpc) is 2.90.